The number of unbranched alkanes of at least 4 members (excludes halogenated alkanes) is 1. The molecule has 9 heteroatoms. The van der Waals surface area contributed by atoms with Crippen LogP contribution in [0.3, 0.4) is 0 Å². The van der Waals surface area contributed by atoms with Gasteiger partial charge in [0.05, 0.1) is 5.75 Å². The van der Waals surface area contributed by atoms with Crippen LogP contribution in [-0.2, 0) is 14.8 Å². The van der Waals surface area contributed by atoms with Crippen molar-refractivity contribution in [2.45, 2.75) is 37.5 Å². The van der Waals surface area contributed by atoms with E-state index in [1.807, 2.05) is 6.92 Å². The summed E-state index contributed by atoms with van der Waals surface area (Å²) in [7, 11) is 0.191. The van der Waals surface area contributed by atoms with Crippen molar-refractivity contribution in [2.24, 2.45) is 5.92 Å². The Kier molecular flexibility index (Phi) is 8.33. The van der Waals surface area contributed by atoms with E-state index < -0.39 is 10.0 Å². The molecule has 1 aromatic carbocycles. The Morgan fingerprint density at radius 3 is 2.32 bits per heavy atom. The van der Waals surface area contributed by atoms with E-state index in [2.05, 4.69) is 5.32 Å². The quantitative estimate of drug-likeness (QED) is 0.675. The van der Waals surface area contributed by atoms with Crippen LogP contribution in [0.5, 0.6) is 0 Å². The van der Waals surface area contributed by atoms with Gasteiger partial charge in [0, 0.05) is 43.7 Å². The lowest BCUT2D eigenvalue weighted by atomic mass is 9.97. The third-order valence-electron chi connectivity index (χ3n) is 4.67. The Labute approximate surface area is 171 Å². The van der Waals surface area contributed by atoms with Crippen molar-refractivity contribution in [1.29, 1.82) is 0 Å². The van der Waals surface area contributed by atoms with Gasteiger partial charge in [0.15, 0.2) is 0 Å². The van der Waals surface area contributed by atoms with Gasteiger partial charge in [-0.25, -0.2) is 12.7 Å². The van der Waals surface area contributed by atoms with Gasteiger partial charge in [-0.3, -0.25) is 9.59 Å². The molecule has 1 aliphatic rings. The molecule has 7 nitrogen and oxygen atoms in total. The Hall–Kier alpha value is -1.58. The number of carbonyl (C=O) groups is 2. The molecule has 1 aromatic rings. The fourth-order valence-electron chi connectivity index (χ4n) is 2.89. The van der Waals surface area contributed by atoms with Crippen LogP contribution in [0.15, 0.2) is 29.2 Å². The third kappa shape index (κ3) is 6.49. The molecule has 2 amide bonds. The summed E-state index contributed by atoms with van der Waals surface area (Å²) in [6.07, 6.45) is 2.57. The lowest BCUT2D eigenvalue weighted by molar-refractivity contribution is -0.120. The SMILES string of the molecule is CCCCS(=O)(=O)N1CCC(C(=O)Nc2ccc(SC(=O)N(C)C)cc2)CC1. The van der Waals surface area contributed by atoms with Crippen LogP contribution in [-0.4, -0.2) is 61.7 Å². The number of carbonyl (C=O) groups excluding carboxylic acids is 2. The molecule has 1 saturated heterocycles. The molecule has 0 radical (unpaired) electrons. The lowest BCUT2D eigenvalue weighted by Crippen LogP contribution is -2.42. The van der Waals surface area contributed by atoms with Crippen LogP contribution in [0, 0.1) is 5.92 Å². The van der Waals surface area contributed by atoms with E-state index in [9.17, 15) is 18.0 Å². The van der Waals surface area contributed by atoms with Gasteiger partial charge in [-0.05, 0) is 55.3 Å². The van der Waals surface area contributed by atoms with Crippen molar-refractivity contribution < 1.29 is 18.0 Å². The highest BCUT2D eigenvalue weighted by atomic mass is 32.2. The maximum absolute atomic E-state index is 12.5. The average Bonchev–Trinajstić information content (AvgIpc) is 2.68. The highest BCUT2D eigenvalue weighted by molar-refractivity contribution is 8.13. The van der Waals surface area contributed by atoms with Gasteiger partial charge in [0.2, 0.25) is 15.9 Å². The summed E-state index contributed by atoms with van der Waals surface area (Å²) < 4.78 is 26.0. The molecule has 0 unspecified atom stereocenters. The zero-order chi connectivity index (χ0) is 20.7. The minimum atomic E-state index is -3.21. The number of piperidine rings is 1. The molecule has 1 aliphatic heterocycles. The van der Waals surface area contributed by atoms with Gasteiger partial charge in [-0.1, -0.05) is 13.3 Å². The molecule has 0 bridgehead atoms. The maximum atomic E-state index is 12.5. The summed E-state index contributed by atoms with van der Waals surface area (Å²) in [5.41, 5.74) is 0.671. The van der Waals surface area contributed by atoms with Crippen LogP contribution >= 0.6 is 11.8 Å². The first kappa shape index (κ1) is 22.7. The van der Waals surface area contributed by atoms with Gasteiger partial charge >= 0.3 is 0 Å². The maximum Gasteiger partial charge on any atom is 0.285 e. The number of rotatable bonds is 7. The highest BCUT2D eigenvalue weighted by Gasteiger charge is 2.30. The number of nitrogens with one attached hydrogen (secondary N) is 1. The summed E-state index contributed by atoms with van der Waals surface area (Å²) in [6, 6.07) is 7.14. The molecule has 0 saturated carbocycles. The van der Waals surface area contributed by atoms with E-state index in [-0.39, 0.29) is 22.8 Å². The van der Waals surface area contributed by atoms with Crippen LogP contribution in [0.4, 0.5) is 10.5 Å². The van der Waals surface area contributed by atoms with Crippen LogP contribution < -0.4 is 5.32 Å². The van der Waals surface area contributed by atoms with Gasteiger partial charge in [-0.15, -0.1) is 0 Å². The van der Waals surface area contributed by atoms with Crippen molar-refractivity contribution >= 4 is 38.6 Å². The van der Waals surface area contributed by atoms with Gasteiger partial charge < -0.3 is 10.2 Å². The third-order valence-corrected chi connectivity index (χ3v) is 7.67. The number of hydrogen-bond donors (Lipinski definition) is 1. The van der Waals surface area contributed by atoms with Crippen LogP contribution in [0.1, 0.15) is 32.6 Å². The molecule has 1 heterocycles. The largest absolute Gasteiger partial charge is 0.339 e. The summed E-state index contributed by atoms with van der Waals surface area (Å²) in [6.45, 7) is 2.76. The molecule has 0 aliphatic carbocycles. The second-order valence-corrected chi connectivity index (χ2v) is 10.2. The molecule has 0 spiro atoms. The molecule has 156 valence electrons. The van der Waals surface area contributed by atoms with E-state index in [1.54, 1.807) is 38.4 Å². The Morgan fingerprint density at radius 2 is 1.79 bits per heavy atom. The summed E-state index contributed by atoms with van der Waals surface area (Å²) >= 11 is 1.13. The molecular formula is C19H29N3O4S2. The molecule has 1 N–H and O–H groups in total. The van der Waals surface area contributed by atoms with Gasteiger partial charge in [0.1, 0.15) is 0 Å². The summed E-state index contributed by atoms with van der Waals surface area (Å²) in [5.74, 6) is -0.0986. The number of nitrogens with zero attached hydrogens (tertiary/aromatic N) is 2. The molecule has 28 heavy (non-hydrogen) atoms. The van der Waals surface area contributed by atoms with Crippen molar-refractivity contribution in [3.05, 3.63) is 24.3 Å². The van der Waals surface area contributed by atoms with E-state index in [0.29, 0.717) is 38.0 Å². The first-order valence-electron chi connectivity index (χ1n) is 9.51. The highest BCUT2D eigenvalue weighted by Crippen LogP contribution is 2.25. The Morgan fingerprint density at radius 1 is 1.18 bits per heavy atom. The fraction of sp³-hybridized carbons (Fsp3) is 0.579. The van der Waals surface area contributed by atoms with E-state index in [1.165, 1.54) is 9.21 Å². The number of amides is 2. The molecule has 0 atom stereocenters. The molecular weight excluding hydrogens is 398 g/mol. The Balaban J connectivity index is 1.85. The molecule has 2 rings (SSSR count). The first-order valence-corrected chi connectivity index (χ1v) is 11.9. The fourth-order valence-corrected chi connectivity index (χ4v) is 5.23. The van der Waals surface area contributed by atoms with E-state index in [4.69, 9.17) is 0 Å². The van der Waals surface area contributed by atoms with Crippen LogP contribution in [0.2, 0.25) is 0 Å². The van der Waals surface area contributed by atoms with Crippen molar-refractivity contribution in [1.82, 2.24) is 9.21 Å². The predicted octanol–water partition coefficient (Wildman–Crippen LogP) is 3.24. The molecule has 0 aromatic heterocycles. The number of benzene rings is 1. The van der Waals surface area contributed by atoms with Crippen molar-refractivity contribution in [3.8, 4) is 0 Å². The van der Waals surface area contributed by atoms with E-state index in [0.717, 1.165) is 23.1 Å². The van der Waals surface area contributed by atoms with Crippen LogP contribution in [0.25, 0.3) is 0 Å². The van der Waals surface area contributed by atoms with Gasteiger partial charge in [0.25, 0.3) is 5.24 Å². The van der Waals surface area contributed by atoms with Crippen molar-refractivity contribution in [3.63, 3.8) is 0 Å². The predicted molar refractivity (Wildman–Crippen MR) is 113 cm³/mol. The second-order valence-electron chi connectivity index (χ2n) is 7.12. The summed E-state index contributed by atoms with van der Waals surface area (Å²) in [5, 5.41) is 2.83. The number of thioether (sulfide) groups is 1. The minimum absolute atomic E-state index is 0.0579. The minimum Gasteiger partial charge on any atom is -0.339 e. The smallest absolute Gasteiger partial charge is 0.285 e. The van der Waals surface area contributed by atoms with Gasteiger partial charge in [-0.2, -0.15) is 0 Å². The van der Waals surface area contributed by atoms with Crippen molar-refractivity contribution in [2.75, 3.05) is 38.3 Å². The normalized spacial score (nSPS) is 16.0. The lowest BCUT2D eigenvalue weighted by Gasteiger charge is -2.30. The topological polar surface area (TPSA) is 86.8 Å². The molecule has 1 fully saturated rings. The number of anilines is 1. The number of hydrogen-bond acceptors (Lipinski definition) is 5. The standard InChI is InChI=1S/C19H29N3O4S2/c1-4-5-14-28(25,26)22-12-10-15(11-13-22)18(23)20-16-6-8-17(9-7-16)27-19(24)21(2)3/h6-9,15H,4-5,10-14H2,1-3H3,(H,20,23). The zero-order valence-electron chi connectivity index (χ0n) is 16.7. The second kappa shape index (κ2) is 10.3. The summed E-state index contributed by atoms with van der Waals surface area (Å²) in [4.78, 5) is 26.5. The Bertz CT molecular complexity index is 771. The number of sulfonamides is 1. The zero-order valence-corrected chi connectivity index (χ0v) is 18.3. The first-order chi connectivity index (χ1) is 13.2. The van der Waals surface area contributed by atoms with E-state index >= 15 is 0 Å². The average molecular weight is 428 g/mol. The monoisotopic (exact) mass is 427 g/mol.